The Labute approximate surface area is 117 Å². The second-order valence-corrected chi connectivity index (χ2v) is 4.68. The maximum atomic E-state index is 13.2. The third kappa shape index (κ3) is 2.29. The number of hydrogen-bond donors (Lipinski definition) is 1. The number of benzene rings is 2. The number of carbonyl (C=O) groups excluding carboxylic acids is 2. The van der Waals surface area contributed by atoms with Gasteiger partial charge >= 0.3 is 0 Å². The zero-order valence-electron chi connectivity index (χ0n) is 10.5. The Bertz CT molecular complexity index is 763. The van der Waals surface area contributed by atoms with E-state index in [9.17, 15) is 22.8 Å². The van der Waals surface area contributed by atoms with E-state index in [-0.39, 0.29) is 23.5 Å². The molecule has 0 spiro atoms. The van der Waals surface area contributed by atoms with Crippen LogP contribution in [0.3, 0.4) is 0 Å². The number of nitrogens with one attached hydrogen (secondary N) is 1. The summed E-state index contributed by atoms with van der Waals surface area (Å²) in [5, 5.41) is 2.61. The minimum absolute atomic E-state index is 0.141. The van der Waals surface area contributed by atoms with Crippen LogP contribution in [0.2, 0.25) is 0 Å². The van der Waals surface area contributed by atoms with Gasteiger partial charge < -0.3 is 5.32 Å². The van der Waals surface area contributed by atoms with Crippen LogP contribution in [0.25, 0.3) is 0 Å². The lowest BCUT2D eigenvalue weighted by Crippen LogP contribution is -2.05. The fourth-order valence-corrected chi connectivity index (χ4v) is 2.22. The van der Waals surface area contributed by atoms with E-state index in [1.165, 1.54) is 12.1 Å². The van der Waals surface area contributed by atoms with E-state index in [1.807, 2.05) is 0 Å². The first-order chi connectivity index (χ1) is 9.95. The van der Waals surface area contributed by atoms with Crippen molar-refractivity contribution in [3.8, 4) is 0 Å². The third-order valence-corrected chi connectivity index (χ3v) is 3.24. The molecule has 106 valence electrons. The summed E-state index contributed by atoms with van der Waals surface area (Å²) in [6.45, 7) is 0. The number of halogens is 3. The number of anilines is 1. The molecule has 2 aromatic rings. The summed E-state index contributed by atoms with van der Waals surface area (Å²) in [5.41, 5.74) is 1.13. The molecule has 1 aliphatic rings. The van der Waals surface area contributed by atoms with Crippen molar-refractivity contribution in [1.29, 1.82) is 0 Å². The normalized spacial score (nSPS) is 13.0. The number of ketones is 1. The summed E-state index contributed by atoms with van der Waals surface area (Å²) in [6, 6.07) is 5.76. The van der Waals surface area contributed by atoms with Gasteiger partial charge in [-0.05, 0) is 35.9 Å². The molecule has 0 bridgehead atoms. The molecule has 21 heavy (non-hydrogen) atoms. The minimum Gasteiger partial charge on any atom is -0.326 e. The average molecular weight is 291 g/mol. The van der Waals surface area contributed by atoms with Crippen molar-refractivity contribution in [3.05, 3.63) is 64.5 Å². The van der Waals surface area contributed by atoms with Gasteiger partial charge in [0.15, 0.2) is 23.2 Å². The van der Waals surface area contributed by atoms with Crippen LogP contribution in [0, 0.1) is 17.5 Å². The molecule has 1 heterocycles. The zero-order valence-corrected chi connectivity index (χ0v) is 10.5. The predicted molar refractivity (Wildman–Crippen MR) is 68.5 cm³/mol. The van der Waals surface area contributed by atoms with E-state index in [1.54, 1.807) is 6.07 Å². The highest BCUT2D eigenvalue weighted by molar-refractivity contribution is 6.10. The summed E-state index contributed by atoms with van der Waals surface area (Å²) >= 11 is 0. The standard InChI is InChI=1S/C15H8F3NO2/c16-10-4-9(5-11(17)14(10)18)15(21)7-1-2-12-8(3-7)6-13(20)19-12/h1-5H,6H2,(H,19,20). The van der Waals surface area contributed by atoms with Gasteiger partial charge in [-0.1, -0.05) is 0 Å². The fourth-order valence-electron chi connectivity index (χ4n) is 2.22. The molecule has 0 atom stereocenters. The predicted octanol–water partition coefficient (Wildman–Crippen LogP) is 2.83. The van der Waals surface area contributed by atoms with E-state index in [0.29, 0.717) is 23.4 Å². The lowest BCUT2D eigenvalue weighted by molar-refractivity contribution is -0.115. The van der Waals surface area contributed by atoms with Crippen LogP contribution in [0.15, 0.2) is 30.3 Å². The van der Waals surface area contributed by atoms with Crippen LogP contribution >= 0.6 is 0 Å². The molecular formula is C15H8F3NO2. The number of hydrogen-bond acceptors (Lipinski definition) is 2. The second kappa shape index (κ2) is 4.73. The first kappa shape index (κ1) is 13.4. The van der Waals surface area contributed by atoms with Crippen LogP contribution in [0.5, 0.6) is 0 Å². The number of rotatable bonds is 2. The van der Waals surface area contributed by atoms with E-state index < -0.39 is 23.2 Å². The molecule has 0 aliphatic carbocycles. The molecule has 0 aromatic heterocycles. The fraction of sp³-hybridized carbons (Fsp3) is 0.0667. The highest BCUT2D eigenvalue weighted by Crippen LogP contribution is 2.25. The van der Waals surface area contributed by atoms with Crippen LogP contribution in [0.1, 0.15) is 21.5 Å². The topological polar surface area (TPSA) is 46.2 Å². The molecule has 3 nitrogen and oxygen atoms in total. The van der Waals surface area contributed by atoms with Gasteiger partial charge in [0.05, 0.1) is 6.42 Å². The highest BCUT2D eigenvalue weighted by atomic mass is 19.2. The van der Waals surface area contributed by atoms with E-state index >= 15 is 0 Å². The Morgan fingerprint density at radius 2 is 1.67 bits per heavy atom. The number of amides is 1. The van der Waals surface area contributed by atoms with Crippen molar-refractivity contribution in [2.75, 3.05) is 5.32 Å². The smallest absolute Gasteiger partial charge is 0.228 e. The summed E-state index contributed by atoms with van der Waals surface area (Å²) < 4.78 is 39.2. The van der Waals surface area contributed by atoms with Crippen LogP contribution < -0.4 is 5.32 Å². The van der Waals surface area contributed by atoms with E-state index in [0.717, 1.165) is 0 Å². The van der Waals surface area contributed by atoms with Crippen molar-refractivity contribution in [1.82, 2.24) is 0 Å². The van der Waals surface area contributed by atoms with Crippen molar-refractivity contribution < 1.29 is 22.8 Å². The quantitative estimate of drug-likeness (QED) is 0.683. The number of carbonyl (C=O) groups is 2. The summed E-state index contributed by atoms with van der Waals surface area (Å²) in [6.07, 6.45) is 0.141. The van der Waals surface area contributed by atoms with E-state index in [2.05, 4.69) is 5.32 Å². The van der Waals surface area contributed by atoms with Gasteiger partial charge in [-0.25, -0.2) is 13.2 Å². The van der Waals surface area contributed by atoms with Crippen molar-refractivity contribution in [2.24, 2.45) is 0 Å². The first-order valence-electron chi connectivity index (χ1n) is 6.08. The van der Waals surface area contributed by atoms with Gasteiger partial charge in [0.2, 0.25) is 5.91 Å². The first-order valence-corrected chi connectivity index (χ1v) is 6.08. The Kier molecular flexibility index (Phi) is 3.01. The van der Waals surface area contributed by atoms with Crippen LogP contribution in [-0.4, -0.2) is 11.7 Å². The lowest BCUT2D eigenvalue weighted by Gasteiger charge is -2.05. The Morgan fingerprint density at radius 3 is 2.33 bits per heavy atom. The largest absolute Gasteiger partial charge is 0.326 e. The van der Waals surface area contributed by atoms with Gasteiger partial charge in [0, 0.05) is 16.8 Å². The Balaban J connectivity index is 2.00. The molecular weight excluding hydrogens is 283 g/mol. The van der Waals surface area contributed by atoms with Crippen molar-refractivity contribution in [3.63, 3.8) is 0 Å². The summed E-state index contributed by atoms with van der Waals surface area (Å²) in [4.78, 5) is 23.4. The van der Waals surface area contributed by atoms with Crippen LogP contribution in [0.4, 0.5) is 18.9 Å². The highest BCUT2D eigenvalue weighted by Gasteiger charge is 2.21. The SMILES string of the molecule is O=C1Cc2cc(C(=O)c3cc(F)c(F)c(F)c3)ccc2N1. The van der Waals surface area contributed by atoms with Crippen molar-refractivity contribution in [2.45, 2.75) is 6.42 Å². The molecule has 3 rings (SSSR count). The molecule has 1 aliphatic heterocycles. The van der Waals surface area contributed by atoms with Crippen LogP contribution in [-0.2, 0) is 11.2 Å². The van der Waals surface area contributed by atoms with Gasteiger partial charge in [-0.15, -0.1) is 0 Å². The second-order valence-electron chi connectivity index (χ2n) is 4.68. The molecule has 0 radical (unpaired) electrons. The Morgan fingerprint density at radius 1 is 1.00 bits per heavy atom. The van der Waals surface area contributed by atoms with Gasteiger partial charge in [-0.3, -0.25) is 9.59 Å². The molecule has 6 heteroatoms. The monoisotopic (exact) mass is 291 g/mol. The minimum atomic E-state index is -1.62. The zero-order chi connectivity index (χ0) is 15.1. The van der Waals surface area contributed by atoms with Gasteiger partial charge in [-0.2, -0.15) is 0 Å². The molecule has 0 unspecified atom stereocenters. The summed E-state index contributed by atoms with van der Waals surface area (Å²) in [7, 11) is 0. The van der Waals surface area contributed by atoms with Gasteiger partial charge in [0.1, 0.15) is 0 Å². The molecule has 1 amide bonds. The average Bonchev–Trinajstić information content (AvgIpc) is 2.82. The Hall–Kier alpha value is -2.63. The maximum Gasteiger partial charge on any atom is 0.228 e. The van der Waals surface area contributed by atoms with Gasteiger partial charge in [0.25, 0.3) is 0 Å². The lowest BCUT2D eigenvalue weighted by atomic mass is 10.00. The summed E-state index contributed by atoms with van der Waals surface area (Å²) in [5.74, 6) is -5.29. The maximum absolute atomic E-state index is 13.2. The van der Waals surface area contributed by atoms with E-state index in [4.69, 9.17) is 0 Å². The molecule has 0 fully saturated rings. The number of fused-ring (bicyclic) bond motifs is 1. The third-order valence-electron chi connectivity index (χ3n) is 3.24. The molecule has 1 N–H and O–H groups in total. The molecule has 0 saturated carbocycles. The van der Waals surface area contributed by atoms with Crippen molar-refractivity contribution >= 4 is 17.4 Å². The molecule has 2 aromatic carbocycles. The molecule has 0 saturated heterocycles.